The van der Waals surface area contributed by atoms with Gasteiger partial charge in [0.25, 0.3) is 5.91 Å². The number of hydrogen-bond acceptors (Lipinski definition) is 4. The normalized spacial score (nSPS) is 17.2. The lowest BCUT2D eigenvalue weighted by Crippen LogP contribution is -2.35. The third kappa shape index (κ3) is 13.8. The Kier molecular flexibility index (Phi) is 17.3. The molecule has 0 atom stereocenters. The summed E-state index contributed by atoms with van der Waals surface area (Å²) in [7, 11) is 0. The molecule has 3 fully saturated rings. The van der Waals surface area contributed by atoms with Crippen LogP contribution in [-0.2, 0) is 17.9 Å². The first kappa shape index (κ1) is 47.9. The van der Waals surface area contributed by atoms with E-state index in [9.17, 15) is 9.59 Å². The van der Waals surface area contributed by atoms with E-state index in [1.165, 1.54) is 147 Å². The molecule has 3 aromatic heterocycles. The van der Waals surface area contributed by atoms with Crippen molar-refractivity contribution in [1.29, 1.82) is 0 Å². The number of rotatable bonds is 8. The quantitative estimate of drug-likeness (QED) is 0.0603. The summed E-state index contributed by atoms with van der Waals surface area (Å²) in [5.74, 6) is 0.433. The molecule has 350 valence electrons. The maximum atomic E-state index is 12.5. The Balaban J connectivity index is 0.000000145. The van der Waals surface area contributed by atoms with E-state index in [1.807, 2.05) is 25.1 Å². The lowest BCUT2D eigenvalue weighted by Gasteiger charge is -2.20. The number of amides is 2. The minimum atomic E-state index is -0.0150. The van der Waals surface area contributed by atoms with Crippen LogP contribution in [0.1, 0.15) is 178 Å². The molecule has 9 rings (SSSR count). The fraction of sp³-hybridized carbons (Fsp3) is 0.536. The predicted molar refractivity (Wildman–Crippen MR) is 273 cm³/mol. The summed E-state index contributed by atoms with van der Waals surface area (Å²) in [6, 6.07) is 20.2. The van der Waals surface area contributed by atoms with Crippen LogP contribution in [0.5, 0.6) is 0 Å². The van der Waals surface area contributed by atoms with Crippen molar-refractivity contribution in [2.75, 3.05) is 5.73 Å². The molecule has 65 heavy (non-hydrogen) atoms. The van der Waals surface area contributed by atoms with Gasteiger partial charge < -0.3 is 36.6 Å². The molecule has 8 N–H and O–H groups in total. The number of nitrogens with one attached hydrogen (secondary N) is 6. The molecule has 3 aliphatic rings. The molecule has 0 saturated heterocycles. The molecule has 3 saturated carbocycles. The van der Waals surface area contributed by atoms with Crippen molar-refractivity contribution in [3.05, 3.63) is 99.5 Å². The molecule has 9 heteroatoms. The molecular formula is C56H79N7O2. The van der Waals surface area contributed by atoms with Crippen molar-refractivity contribution in [2.24, 2.45) is 5.92 Å². The number of aromatic amines is 3. The molecule has 6 aromatic rings. The maximum absolute atomic E-state index is 12.5. The minimum absolute atomic E-state index is 0.0150. The molecule has 9 nitrogen and oxygen atoms in total. The summed E-state index contributed by atoms with van der Waals surface area (Å²) in [5.41, 5.74) is 19.5. The van der Waals surface area contributed by atoms with Gasteiger partial charge in [0, 0.05) is 74.3 Å². The lowest BCUT2D eigenvalue weighted by molar-refractivity contribution is -0.125. The monoisotopic (exact) mass is 882 g/mol. The molecule has 0 radical (unpaired) electrons. The maximum Gasteiger partial charge on any atom is 0.267 e. The highest BCUT2D eigenvalue weighted by Crippen LogP contribution is 2.27. The molecule has 2 amide bonds. The molecule has 3 aromatic carbocycles. The van der Waals surface area contributed by atoms with Crippen LogP contribution in [0.2, 0.25) is 0 Å². The number of nitrogen functional groups attached to an aromatic ring is 1. The summed E-state index contributed by atoms with van der Waals surface area (Å²) in [6.45, 7) is 12.2. The van der Waals surface area contributed by atoms with E-state index in [0.29, 0.717) is 24.3 Å². The highest BCUT2D eigenvalue weighted by atomic mass is 16.2. The van der Waals surface area contributed by atoms with Crippen LogP contribution in [0.25, 0.3) is 32.7 Å². The third-order valence-corrected chi connectivity index (χ3v) is 14.3. The summed E-state index contributed by atoms with van der Waals surface area (Å²) in [5, 5.41) is 13.6. The zero-order valence-corrected chi connectivity index (χ0v) is 40.4. The SMILES string of the molecule is Cc1cc(C)c2cc(CNC(=O)C3CCCCCC3)[nH]c2c1.Cc1cc(C)c2cc(CNC3CCCCCCC3)[nH]c2c1.Cc1cc(N)c2cc(C(=O)NC3CCCCCCC3)[nH]c2c1. The number of benzene rings is 3. The average molecular weight is 882 g/mol. The van der Waals surface area contributed by atoms with Gasteiger partial charge in [-0.05, 0) is 143 Å². The molecular weight excluding hydrogens is 803 g/mol. The number of H-pyrrole nitrogens is 3. The van der Waals surface area contributed by atoms with Gasteiger partial charge in [0.1, 0.15) is 5.69 Å². The van der Waals surface area contributed by atoms with Crippen LogP contribution in [0.15, 0.2) is 54.6 Å². The topological polar surface area (TPSA) is 144 Å². The van der Waals surface area contributed by atoms with Crippen molar-refractivity contribution < 1.29 is 9.59 Å². The smallest absolute Gasteiger partial charge is 0.267 e. The van der Waals surface area contributed by atoms with E-state index in [2.05, 4.69) is 95.0 Å². The van der Waals surface area contributed by atoms with Crippen molar-refractivity contribution >= 4 is 50.2 Å². The van der Waals surface area contributed by atoms with Crippen molar-refractivity contribution in [3.63, 3.8) is 0 Å². The van der Waals surface area contributed by atoms with Crippen LogP contribution in [-0.4, -0.2) is 38.8 Å². The Labute approximate surface area is 388 Å². The number of fused-ring (bicyclic) bond motifs is 3. The summed E-state index contributed by atoms with van der Waals surface area (Å²) >= 11 is 0. The fourth-order valence-corrected chi connectivity index (χ4v) is 10.7. The highest BCUT2D eigenvalue weighted by molar-refractivity contribution is 6.01. The number of carbonyl (C=O) groups excluding carboxylic acids is 2. The van der Waals surface area contributed by atoms with E-state index in [-0.39, 0.29) is 17.7 Å². The predicted octanol–water partition coefficient (Wildman–Crippen LogP) is 13.3. The van der Waals surface area contributed by atoms with Crippen LogP contribution < -0.4 is 21.7 Å². The van der Waals surface area contributed by atoms with Crippen molar-refractivity contribution in [2.45, 2.75) is 188 Å². The van der Waals surface area contributed by atoms with Crippen molar-refractivity contribution in [1.82, 2.24) is 30.9 Å². The fourth-order valence-electron chi connectivity index (χ4n) is 10.7. The number of aromatic nitrogens is 3. The van der Waals surface area contributed by atoms with Gasteiger partial charge in [-0.3, -0.25) is 9.59 Å². The van der Waals surface area contributed by atoms with Crippen LogP contribution in [0, 0.1) is 40.5 Å². The first-order valence-corrected chi connectivity index (χ1v) is 25.4. The van der Waals surface area contributed by atoms with Gasteiger partial charge in [-0.25, -0.2) is 0 Å². The van der Waals surface area contributed by atoms with Crippen molar-refractivity contribution in [3.8, 4) is 0 Å². The molecule has 0 aliphatic heterocycles. The van der Waals surface area contributed by atoms with E-state index < -0.39 is 0 Å². The van der Waals surface area contributed by atoms with Crippen LogP contribution in [0.4, 0.5) is 5.69 Å². The summed E-state index contributed by atoms with van der Waals surface area (Å²) in [4.78, 5) is 35.0. The van der Waals surface area contributed by atoms with Gasteiger partial charge in [0.2, 0.25) is 5.91 Å². The van der Waals surface area contributed by atoms with Gasteiger partial charge in [0.15, 0.2) is 0 Å². The van der Waals surface area contributed by atoms with Crippen LogP contribution >= 0.6 is 0 Å². The second-order valence-corrected chi connectivity index (χ2v) is 20.0. The molecule has 3 aliphatic carbocycles. The third-order valence-electron chi connectivity index (χ3n) is 14.3. The Morgan fingerprint density at radius 2 is 0.954 bits per heavy atom. The number of aryl methyl sites for hydroxylation is 5. The van der Waals surface area contributed by atoms with Gasteiger partial charge in [-0.15, -0.1) is 0 Å². The molecule has 0 spiro atoms. The number of anilines is 1. The summed E-state index contributed by atoms with van der Waals surface area (Å²) in [6.07, 6.45) is 25.3. The molecule has 0 bridgehead atoms. The largest absolute Gasteiger partial charge is 0.398 e. The zero-order chi connectivity index (χ0) is 45.7. The lowest BCUT2D eigenvalue weighted by atomic mass is 9.96. The van der Waals surface area contributed by atoms with E-state index >= 15 is 0 Å². The standard InChI is InChI=1S/C19H26N2O.C19H28N2.C18H25N3O/c1-13-9-14(2)17-11-16(21-18(17)10-13)12-20-19(22)15-7-5-3-4-6-8-15;1-14-10-15(2)18-12-17(21-19(18)11-14)13-20-16-8-6-4-3-5-7-9-16;1-12-9-15(19)14-11-17(21-16(14)10-12)18(22)20-13-7-5-3-2-4-6-8-13/h9-11,15,21H,3-8,12H2,1-2H3,(H,20,22);10-12,16,20-21H,3-9,13H2,1-2H3;9-11,13,21H,2-8,19H2,1H3,(H,20,22). The second kappa shape index (κ2) is 23.4. The van der Waals surface area contributed by atoms with E-state index in [0.717, 1.165) is 65.6 Å². The average Bonchev–Trinajstić information content (AvgIpc) is 3.92. The van der Waals surface area contributed by atoms with Crippen LogP contribution in [0.3, 0.4) is 0 Å². The second-order valence-electron chi connectivity index (χ2n) is 20.0. The Hall–Kier alpha value is -5.02. The number of nitrogens with two attached hydrogens (primary N) is 1. The van der Waals surface area contributed by atoms with Gasteiger partial charge >= 0.3 is 0 Å². The zero-order valence-electron chi connectivity index (χ0n) is 40.4. The van der Waals surface area contributed by atoms with Gasteiger partial charge in [-0.1, -0.05) is 102 Å². The number of carbonyl (C=O) groups is 2. The first-order chi connectivity index (χ1) is 31.5. The van der Waals surface area contributed by atoms with E-state index in [4.69, 9.17) is 5.73 Å². The van der Waals surface area contributed by atoms with Gasteiger partial charge in [-0.2, -0.15) is 0 Å². The first-order valence-electron chi connectivity index (χ1n) is 25.4. The molecule has 3 heterocycles. The number of hydrogen-bond donors (Lipinski definition) is 7. The van der Waals surface area contributed by atoms with E-state index in [1.54, 1.807) is 0 Å². The summed E-state index contributed by atoms with van der Waals surface area (Å²) < 4.78 is 0. The highest BCUT2D eigenvalue weighted by Gasteiger charge is 2.21. The molecule has 0 unspecified atom stereocenters. The minimum Gasteiger partial charge on any atom is -0.398 e. The Bertz CT molecular complexity index is 2460. The Morgan fingerprint density at radius 1 is 0.508 bits per heavy atom. The Morgan fingerprint density at radius 3 is 1.49 bits per heavy atom. The van der Waals surface area contributed by atoms with Gasteiger partial charge in [0.05, 0.1) is 6.54 Å².